The molecule has 0 bridgehead atoms. The predicted molar refractivity (Wildman–Crippen MR) is 95.8 cm³/mol. The molecule has 0 saturated heterocycles. The predicted octanol–water partition coefficient (Wildman–Crippen LogP) is 4.28. The Hall–Kier alpha value is -1.42. The summed E-state index contributed by atoms with van der Waals surface area (Å²) >= 11 is 0. The lowest BCUT2D eigenvalue weighted by Crippen LogP contribution is -2.13. The molecule has 4 heteroatoms. The second-order valence-electron chi connectivity index (χ2n) is 6.72. The molecule has 1 aliphatic carbocycles. The average molecular weight is 336 g/mol. The Labute approximate surface area is 145 Å². The quantitative estimate of drug-likeness (QED) is 0.412. The number of hydrogen-bond donors (Lipinski definition) is 2. The number of aliphatic hydroxyl groups is 1. The van der Waals surface area contributed by atoms with Gasteiger partial charge in [-0.05, 0) is 38.0 Å². The molecule has 1 fully saturated rings. The maximum atomic E-state index is 12.0. The van der Waals surface area contributed by atoms with Crippen molar-refractivity contribution >= 4 is 11.8 Å². The topological polar surface area (TPSA) is 74.6 Å². The number of carboxylic acids is 1. The summed E-state index contributed by atoms with van der Waals surface area (Å²) in [6.45, 7) is 2.14. The van der Waals surface area contributed by atoms with Crippen molar-refractivity contribution in [2.75, 3.05) is 0 Å². The number of hydrogen-bond acceptors (Lipinski definition) is 3. The van der Waals surface area contributed by atoms with Crippen molar-refractivity contribution < 1.29 is 19.8 Å². The van der Waals surface area contributed by atoms with Crippen LogP contribution in [0.3, 0.4) is 0 Å². The third-order valence-electron chi connectivity index (χ3n) is 4.66. The van der Waals surface area contributed by atoms with Crippen LogP contribution in [0, 0.1) is 11.8 Å². The number of Topliss-reactive ketones (excluding diaryl/α,β-unsaturated/α-hetero) is 1. The molecule has 0 spiro atoms. The molecule has 0 aromatic rings. The molecular formula is C20H32O4. The van der Waals surface area contributed by atoms with Crippen LogP contribution in [0.15, 0.2) is 24.3 Å². The van der Waals surface area contributed by atoms with Crippen LogP contribution in [-0.2, 0) is 9.59 Å². The first kappa shape index (κ1) is 20.6. The molecular weight excluding hydrogens is 304 g/mol. The summed E-state index contributed by atoms with van der Waals surface area (Å²) in [6.07, 6.45) is 15.4. The molecule has 2 N–H and O–H groups in total. The van der Waals surface area contributed by atoms with Crippen molar-refractivity contribution in [1.82, 2.24) is 0 Å². The molecule has 3 atom stereocenters. The van der Waals surface area contributed by atoms with E-state index in [1.807, 2.05) is 24.3 Å². The molecule has 0 aromatic heterocycles. The zero-order valence-electron chi connectivity index (χ0n) is 14.8. The maximum absolute atomic E-state index is 12.0. The Kier molecular flexibility index (Phi) is 10.3. The van der Waals surface area contributed by atoms with E-state index in [9.17, 15) is 14.7 Å². The van der Waals surface area contributed by atoms with Crippen LogP contribution in [0.4, 0.5) is 0 Å². The molecule has 4 nitrogen and oxygen atoms in total. The minimum Gasteiger partial charge on any atom is -0.481 e. The van der Waals surface area contributed by atoms with Crippen LogP contribution >= 0.6 is 0 Å². The molecule has 2 unspecified atom stereocenters. The Morgan fingerprint density at radius 1 is 1.29 bits per heavy atom. The van der Waals surface area contributed by atoms with Gasteiger partial charge in [0.05, 0.1) is 6.10 Å². The van der Waals surface area contributed by atoms with Gasteiger partial charge in [0.1, 0.15) is 5.78 Å². The van der Waals surface area contributed by atoms with E-state index in [1.165, 1.54) is 0 Å². The first-order valence-corrected chi connectivity index (χ1v) is 9.30. The Morgan fingerprint density at radius 2 is 2.08 bits per heavy atom. The van der Waals surface area contributed by atoms with E-state index in [1.54, 1.807) is 0 Å². The van der Waals surface area contributed by atoms with Gasteiger partial charge in [0.2, 0.25) is 0 Å². The molecule has 1 aliphatic rings. The zero-order valence-corrected chi connectivity index (χ0v) is 14.8. The lowest BCUT2D eigenvalue weighted by atomic mass is 9.91. The third kappa shape index (κ3) is 8.44. The number of aliphatic carboxylic acids is 1. The van der Waals surface area contributed by atoms with Gasteiger partial charge >= 0.3 is 5.97 Å². The fourth-order valence-corrected chi connectivity index (χ4v) is 3.17. The molecule has 0 aromatic carbocycles. The van der Waals surface area contributed by atoms with Gasteiger partial charge < -0.3 is 10.2 Å². The van der Waals surface area contributed by atoms with Crippen LogP contribution in [0.25, 0.3) is 0 Å². The van der Waals surface area contributed by atoms with Crippen molar-refractivity contribution in [1.29, 1.82) is 0 Å². The van der Waals surface area contributed by atoms with Crippen molar-refractivity contribution in [3.05, 3.63) is 24.3 Å². The van der Waals surface area contributed by atoms with Crippen molar-refractivity contribution in [2.24, 2.45) is 11.8 Å². The molecule has 1 rings (SSSR count). The Bertz CT molecular complexity index is 439. The second kappa shape index (κ2) is 12.0. The maximum Gasteiger partial charge on any atom is 0.303 e. The third-order valence-corrected chi connectivity index (χ3v) is 4.66. The number of ketones is 1. The highest BCUT2D eigenvalue weighted by molar-refractivity contribution is 5.83. The molecule has 0 radical (unpaired) electrons. The summed E-state index contributed by atoms with van der Waals surface area (Å²) in [5, 5.41) is 18.6. The second-order valence-corrected chi connectivity index (χ2v) is 6.72. The highest BCUT2D eigenvalue weighted by Crippen LogP contribution is 2.33. The number of carboxylic acid groups (broad SMARTS) is 1. The van der Waals surface area contributed by atoms with E-state index >= 15 is 0 Å². The normalized spacial score (nSPS) is 22.7. The number of unbranched alkanes of at least 4 members (excludes halogenated alkanes) is 3. The Balaban J connectivity index is 2.37. The van der Waals surface area contributed by atoms with Crippen molar-refractivity contribution in [3.8, 4) is 0 Å². The number of allylic oxidation sites excluding steroid dienone is 3. The van der Waals surface area contributed by atoms with Gasteiger partial charge in [-0.25, -0.2) is 0 Å². The molecule has 0 amide bonds. The zero-order chi connectivity index (χ0) is 17.8. The van der Waals surface area contributed by atoms with Crippen LogP contribution < -0.4 is 0 Å². The van der Waals surface area contributed by atoms with Crippen molar-refractivity contribution in [3.63, 3.8) is 0 Å². The summed E-state index contributed by atoms with van der Waals surface area (Å²) in [5.41, 5.74) is 0. The fraction of sp³-hybridized carbons (Fsp3) is 0.700. The molecule has 136 valence electrons. The van der Waals surface area contributed by atoms with E-state index < -0.39 is 12.1 Å². The minimum atomic E-state index is -0.767. The number of carbonyl (C=O) groups excluding carboxylic acids is 1. The monoisotopic (exact) mass is 336 g/mol. The SMILES string of the molecule is CCCCCC(O)/C=C/[C@H]1CCC(=O)C1C/C=C\CCCC(=O)O. The highest BCUT2D eigenvalue weighted by Gasteiger charge is 2.31. The molecule has 0 heterocycles. The van der Waals surface area contributed by atoms with Crippen LogP contribution in [-0.4, -0.2) is 28.1 Å². The van der Waals surface area contributed by atoms with E-state index in [0.29, 0.717) is 25.0 Å². The largest absolute Gasteiger partial charge is 0.481 e. The first-order valence-electron chi connectivity index (χ1n) is 9.30. The molecule has 0 aliphatic heterocycles. The van der Waals surface area contributed by atoms with E-state index in [0.717, 1.165) is 38.5 Å². The lowest BCUT2D eigenvalue weighted by Gasteiger charge is -2.13. The first-order chi connectivity index (χ1) is 11.5. The molecule has 24 heavy (non-hydrogen) atoms. The van der Waals surface area contributed by atoms with Gasteiger partial charge in [-0.1, -0.05) is 50.5 Å². The van der Waals surface area contributed by atoms with Gasteiger partial charge in [-0.2, -0.15) is 0 Å². The lowest BCUT2D eigenvalue weighted by molar-refractivity contribution is -0.137. The minimum absolute atomic E-state index is 0.0137. The standard InChI is InChI=1S/C20H32O4/c1-2-3-6-9-17(21)14-12-16-13-15-19(22)18(16)10-7-4-5-8-11-20(23)24/h4,7,12,14,16-18,21H,2-3,5-6,8-11,13,15H2,1H3,(H,23,24)/b7-4-,14-12+/t16-,17?,18?/m0/s1. The number of rotatable bonds is 12. The van der Waals surface area contributed by atoms with Crippen molar-refractivity contribution in [2.45, 2.75) is 77.2 Å². The van der Waals surface area contributed by atoms with Gasteiger partial charge in [0.25, 0.3) is 0 Å². The fourth-order valence-electron chi connectivity index (χ4n) is 3.17. The average Bonchev–Trinajstić information content (AvgIpc) is 2.89. The summed E-state index contributed by atoms with van der Waals surface area (Å²) in [5.74, 6) is -0.223. The van der Waals surface area contributed by atoms with Crippen LogP contribution in [0.1, 0.15) is 71.1 Å². The van der Waals surface area contributed by atoms with Crippen LogP contribution in [0.5, 0.6) is 0 Å². The summed E-state index contributed by atoms with van der Waals surface area (Å²) < 4.78 is 0. The summed E-state index contributed by atoms with van der Waals surface area (Å²) in [4.78, 5) is 22.5. The highest BCUT2D eigenvalue weighted by atomic mass is 16.4. The molecule has 1 saturated carbocycles. The Morgan fingerprint density at radius 3 is 2.79 bits per heavy atom. The number of carbonyl (C=O) groups is 2. The van der Waals surface area contributed by atoms with Crippen LogP contribution in [0.2, 0.25) is 0 Å². The van der Waals surface area contributed by atoms with Gasteiger partial charge in [-0.3, -0.25) is 9.59 Å². The van der Waals surface area contributed by atoms with E-state index in [4.69, 9.17) is 5.11 Å². The number of aliphatic hydroxyl groups excluding tert-OH is 1. The summed E-state index contributed by atoms with van der Waals surface area (Å²) in [6, 6.07) is 0. The van der Waals surface area contributed by atoms with Gasteiger partial charge in [0.15, 0.2) is 0 Å². The van der Waals surface area contributed by atoms with E-state index in [2.05, 4.69) is 6.92 Å². The van der Waals surface area contributed by atoms with E-state index in [-0.39, 0.29) is 18.3 Å². The smallest absolute Gasteiger partial charge is 0.303 e. The summed E-state index contributed by atoms with van der Waals surface area (Å²) in [7, 11) is 0. The van der Waals surface area contributed by atoms with Gasteiger partial charge in [0, 0.05) is 18.8 Å². The van der Waals surface area contributed by atoms with Gasteiger partial charge in [-0.15, -0.1) is 0 Å².